The maximum Gasteiger partial charge on any atom is 0.371 e. The van der Waals surface area contributed by atoms with Gasteiger partial charge in [-0.1, -0.05) is 18.2 Å². The molecule has 5 heteroatoms. The fourth-order valence-electron chi connectivity index (χ4n) is 2.10. The summed E-state index contributed by atoms with van der Waals surface area (Å²) in [6.45, 7) is 2.58. The second-order valence-electron chi connectivity index (χ2n) is 4.77. The zero-order valence-corrected chi connectivity index (χ0v) is 12.1. The number of carbonyl (C=O) groups is 1. The van der Waals surface area contributed by atoms with E-state index in [0.717, 1.165) is 17.7 Å². The average molecular weight is 289 g/mol. The van der Waals surface area contributed by atoms with Gasteiger partial charge in [0.05, 0.1) is 12.6 Å². The highest BCUT2D eigenvalue weighted by atomic mass is 16.5. The van der Waals surface area contributed by atoms with Gasteiger partial charge in [0, 0.05) is 12.8 Å². The molecule has 1 aromatic heterocycles. The third-order valence-corrected chi connectivity index (χ3v) is 3.23. The maximum atomic E-state index is 10.8. The van der Waals surface area contributed by atoms with Gasteiger partial charge in [-0.2, -0.15) is 0 Å². The van der Waals surface area contributed by atoms with Crippen LogP contribution >= 0.6 is 0 Å². The fraction of sp³-hybridized carbons (Fsp3) is 0.312. The van der Waals surface area contributed by atoms with Gasteiger partial charge < -0.3 is 19.6 Å². The first kappa shape index (κ1) is 15.1. The van der Waals surface area contributed by atoms with Gasteiger partial charge in [0.1, 0.15) is 5.76 Å². The summed E-state index contributed by atoms with van der Waals surface area (Å²) < 4.78 is 10.4. The third kappa shape index (κ3) is 3.86. The summed E-state index contributed by atoms with van der Waals surface area (Å²) in [6, 6.07) is 11.0. The highest BCUT2D eigenvalue weighted by molar-refractivity contribution is 5.84. The van der Waals surface area contributed by atoms with E-state index >= 15 is 0 Å². The number of anilines is 1. The van der Waals surface area contributed by atoms with Crippen molar-refractivity contribution in [2.45, 2.75) is 19.4 Å². The number of para-hydroxylation sites is 1. The van der Waals surface area contributed by atoms with Gasteiger partial charge in [0.25, 0.3) is 0 Å². The number of benzene rings is 1. The van der Waals surface area contributed by atoms with E-state index in [0.29, 0.717) is 12.4 Å². The minimum atomic E-state index is -1.06. The quantitative estimate of drug-likeness (QED) is 0.818. The summed E-state index contributed by atoms with van der Waals surface area (Å²) >= 11 is 0. The first-order valence-electron chi connectivity index (χ1n) is 6.78. The molecule has 1 heterocycles. The molecule has 2 aromatic rings. The van der Waals surface area contributed by atoms with Gasteiger partial charge in [-0.25, -0.2) is 4.79 Å². The number of methoxy groups -OCH3 is 1. The Balaban J connectivity index is 2.11. The van der Waals surface area contributed by atoms with Crippen molar-refractivity contribution in [1.29, 1.82) is 0 Å². The summed E-state index contributed by atoms with van der Waals surface area (Å²) in [5.41, 5.74) is 2.14. The SMILES string of the molecule is COCCc1ccccc1NC(C)c1ccc(C(=O)O)o1. The van der Waals surface area contributed by atoms with Gasteiger partial charge in [0.15, 0.2) is 0 Å². The molecule has 1 unspecified atom stereocenters. The molecule has 1 aromatic carbocycles. The van der Waals surface area contributed by atoms with Crippen molar-refractivity contribution in [3.05, 3.63) is 53.5 Å². The fourth-order valence-corrected chi connectivity index (χ4v) is 2.10. The Hall–Kier alpha value is -2.27. The van der Waals surface area contributed by atoms with E-state index < -0.39 is 5.97 Å². The van der Waals surface area contributed by atoms with Crippen LogP contribution in [0.2, 0.25) is 0 Å². The van der Waals surface area contributed by atoms with Gasteiger partial charge in [-0.15, -0.1) is 0 Å². The Kier molecular flexibility index (Phi) is 5.00. The Bertz CT molecular complexity index is 606. The van der Waals surface area contributed by atoms with Gasteiger partial charge in [-0.05, 0) is 37.1 Å². The number of ether oxygens (including phenoxy) is 1. The molecule has 112 valence electrons. The lowest BCUT2D eigenvalue weighted by molar-refractivity contribution is 0.0660. The number of hydrogen-bond donors (Lipinski definition) is 2. The van der Waals surface area contributed by atoms with Gasteiger partial charge >= 0.3 is 5.97 Å². The first-order valence-corrected chi connectivity index (χ1v) is 6.78. The Morgan fingerprint density at radius 1 is 1.33 bits per heavy atom. The maximum absolute atomic E-state index is 10.8. The number of carboxylic acids is 1. The predicted molar refractivity (Wildman–Crippen MR) is 79.7 cm³/mol. The summed E-state index contributed by atoms with van der Waals surface area (Å²) in [5, 5.41) is 12.2. The van der Waals surface area contributed by atoms with Crippen LogP contribution in [0.4, 0.5) is 5.69 Å². The highest BCUT2D eigenvalue weighted by Crippen LogP contribution is 2.24. The van der Waals surface area contributed by atoms with Crippen LogP contribution in [0.5, 0.6) is 0 Å². The van der Waals surface area contributed by atoms with Crippen molar-refractivity contribution in [2.24, 2.45) is 0 Å². The van der Waals surface area contributed by atoms with Crippen molar-refractivity contribution >= 4 is 11.7 Å². The molecule has 1 atom stereocenters. The number of hydrogen-bond acceptors (Lipinski definition) is 4. The number of nitrogens with one attached hydrogen (secondary N) is 1. The lowest BCUT2D eigenvalue weighted by Gasteiger charge is -2.16. The van der Waals surface area contributed by atoms with Crippen LogP contribution in [0, 0.1) is 0 Å². The molecule has 0 fully saturated rings. The van der Waals surface area contributed by atoms with Crippen LogP contribution in [0.1, 0.15) is 34.8 Å². The number of carboxylic acid groups (broad SMARTS) is 1. The monoisotopic (exact) mass is 289 g/mol. The molecule has 0 radical (unpaired) electrons. The molecular weight excluding hydrogens is 270 g/mol. The number of furan rings is 1. The smallest absolute Gasteiger partial charge is 0.371 e. The van der Waals surface area contributed by atoms with Crippen LogP contribution in [-0.2, 0) is 11.2 Å². The van der Waals surface area contributed by atoms with Crippen LogP contribution in [0.3, 0.4) is 0 Å². The minimum absolute atomic E-state index is 0.0497. The topological polar surface area (TPSA) is 71.7 Å². The minimum Gasteiger partial charge on any atom is -0.475 e. The molecule has 2 N–H and O–H groups in total. The second kappa shape index (κ2) is 6.95. The lowest BCUT2D eigenvalue weighted by Crippen LogP contribution is -2.08. The molecule has 0 aliphatic carbocycles. The molecule has 21 heavy (non-hydrogen) atoms. The van der Waals surface area contributed by atoms with Crippen molar-refractivity contribution < 1.29 is 19.1 Å². The summed E-state index contributed by atoms with van der Waals surface area (Å²) in [5.74, 6) is -0.519. The summed E-state index contributed by atoms with van der Waals surface area (Å²) in [4.78, 5) is 10.8. The van der Waals surface area contributed by atoms with E-state index in [1.807, 2.05) is 31.2 Å². The van der Waals surface area contributed by atoms with E-state index in [1.54, 1.807) is 13.2 Å². The lowest BCUT2D eigenvalue weighted by atomic mass is 10.1. The van der Waals surface area contributed by atoms with E-state index in [9.17, 15) is 4.79 Å². The molecule has 5 nitrogen and oxygen atoms in total. The van der Waals surface area contributed by atoms with Gasteiger partial charge in [-0.3, -0.25) is 0 Å². The molecule has 2 rings (SSSR count). The Morgan fingerprint density at radius 3 is 2.76 bits per heavy atom. The number of aromatic carboxylic acids is 1. The van der Waals surface area contributed by atoms with E-state index in [2.05, 4.69) is 5.32 Å². The normalized spacial score (nSPS) is 12.1. The average Bonchev–Trinajstić information content (AvgIpc) is 2.96. The zero-order chi connectivity index (χ0) is 15.2. The van der Waals surface area contributed by atoms with E-state index in [-0.39, 0.29) is 11.8 Å². The molecule has 0 aliphatic heterocycles. The van der Waals surface area contributed by atoms with Crippen LogP contribution in [-0.4, -0.2) is 24.8 Å². The standard InChI is InChI=1S/C16H19NO4/c1-11(14-7-8-15(21-14)16(18)19)17-13-6-4-3-5-12(13)9-10-20-2/h3-8,11,17H,9-10H2,1-2H3,(H,18,19). The van der Waals surface area contributed by atoms with Crippen molar-refractivity contribution in [1.82, 2.24) is 0 Å². The van der Waals surface area contributed by atoms with Crippen LogP contribution in [0.15, 0.2) is 40.8 Å². The van der Waals surface area contributed by atoms with Crippen molar-refractivity contribution in [3.63, 3.8) is 0 Å². The Morgan fingerprint density at radius 2 is 2.10 bits per heavy atom. The second-order valence-corrected chi connectivity index (χ2v) is 4.77. The molecule has 0 saturated carbocycles. The summed E-state index contributed by atoms with van der Waals surface area (Å²) in [6.07, 6.45) is 0.810. The van der Waals surface area contributed by atoms with Gasteiger partial charge in [0.2, 0.25) is 5.76 Å². The molecule has 0 spiro atoms. The zero-order valence-electron chi connectivity index (χ0n) is 12.1. The predicted octanol–water partition coefficient (Wildman–Crippen LogP) is 3.34. The molecule has 0 amide bonds. The molecule has 0 aliphatic rings. The molecular formula is C16H19NO4. The Labute approximate surface area is 123 Å². The van der Waals surface area contributed by atoms with Crippen molar-refractivity contribution in [2.75, 3.05) is 19.0 Å². The first-order chi connectivity index (χ1) is 10.1. The van der Waals surface area contributed by atoms with Crippen LogP contribution < -0.4 is 5.32 Å². The van der Waals surface area contributed by atoms with Crippen molar-refractivity contribution in [3.8, 4) is 0 Å². The van der Waals surface area contributed by atoms with Crippen LogP contribution in [0.25, 0.3) is 0 Å². The third-order valence-electron chi connectivity index (χ3n) is 3.23. The van der Waals surface area contributed by atoms with E-state index in [1.165, 1.54) is 6.07 Å². The number of rotatable bonds is 7. The molecule has 0 bridgehead atoms. The largest absolute Gasteiger partial charge is 0.475 e. The molecule has 0 saturated heterocycles. The van der Waals surface area contributed by atoms with E-state index in [4.69, 9.17) is 14.3 Å². The highest BCUT2D eigenvalue weighted by Gasteiger charge is 2.15. The summed E-state index contributed by atoms with van der Waals surface area (Å²) in [7, 11) is 1.68.